The molecule has 2 aromatic heterocycles. The second-order valence-corrected chi connectivity index (χ2v) is 9.78. The average Bonchev–Trinajstić information content (AvgIpc) is 3.50. The number of nitro groups is 1. The molecule has 0 spiro atoms. The predicted molar refractivity (Wildman–Crippen MR) is 156 cm³/mol. The number of rotatable bonds is 8. The summed E-state index contributed by atoms with van der Waals surface area (Å²) in [5, 5.41) is 25.2. The molecule has 5 aromatic rings. The summed E-state index contributed by atoms with van der Waals surface area (Å²) in [4.78, 5) is 18.5. The first-order chi connectivity index (χ1) is 18.9. The highest BCUT2D eigenvalue weighted by Gasteiger charge is 2.20. The summed E-state index contributed by atoms with van der Waals surface area (Å²) < 4.78 is 0. The number of aromatic amines is 1. The van der Waals surface area contributed by atoms with E-state index in [2.05, 4.69) is 61.9 Å². The molecule has 0 bridgehead atoms. The molecule has 10 heteroatoms. The molecule has 0 amide bonds. The Bertz CT molecular complexity index is 1670. The quantitative estimate of drug-likeness (QED) is 0.0894. The summed E-state index contributed by atoms with van der Waals surface area (Å²) in [5.41, 5.74) is 11.5. The van der Waals surface area contributed by atoms with Crippen molar-refractivity contribution in [3.05, 3.63) is 112 Å². The zero-order valence-corrected chi connectivity index (χ0v) is 22.4. The van der Waals surface area contributed by atoms with Crippen LogP contribution in [0.3, 0.4) is 0 Å². The summed E-state index contributed by atoms with van der Waals surface area (Å²) >= 11 is 1.33. The molecule has 0 radical (unpaired) electrons. The molecule has 0 aliphatic rings. The Morgan fingerprint density at radius 3 is 2.21 bits per heavy atom. The number of hydrazone groups is 1. The predicted octanol–water partition coefficient (Wildman–Crippen LogP) is 8.58. The van der Waals surface area contributed by atoms with E-state index in [1.165, 1.54) is 23.5 Å². The van der Waals surface area contributed by atoms with Gasteiger partial charge >= 0.3 is 0 Å². The molecule has 0 aliphatic heterocycles. The van der Waals surface area contributed by atoms with Gasteiger partial charge in [-0.2, -0.15) is 5.10 Å². The van der Waals surface area contributed by atoms with Gasteiger partial charge in [-0.15, -0.1) is 10.2 Å². The number of non-ortho nitro benzene ring substituents is 1. The third-order valence-electron chi connectivity index (χ3n) is 6.08. The molecule has 0 saturated carbocycles. The number of thiazole rings is 1. The molecular formula is C29H25N7O2S. The molecule has 9 nitrogen and oxygen atoms in total. The number of nitrogens with one attached hydrogen (secondary N) is 2. The zero-order chi connectivity index (χ0) is 27.4. The van der Waals surface area contributed by atoms with Crippen LogP contribution in [0.2, 0.25) is 0 Å². The van der Waals surface area contributed by atoms with Crippen molar-refractivity contribution in [1.29, 1.82) is 0 Å². The summed E-state index contributed by atoms with van der Waals surface area (Å²) in [6.07, 6.45) is 0. The standard InChI is InChI=1S/C29H25N7O2S/c1-18-25(26(21-10-6-4-7-11-21)27(30-18)22-12-8-5-9-13-22)19(2)32-35-29-31-20(3)28(39-29)34-33-23-14-16-24(17-15-23)36(37)38/h4-17,30H,1-3H3,(H,31,35). The van der Waals surface area contributed by atoms with Crippen LogP contribution in [0.1, 0.15) is 23.9 Å². The lowest BCUT2D eigenvalue weighted by Crippen LogP contribution is -2.02. The van der Waals surface area contributed by atoms with Crippen molar-refractivity contribution < 1.29 is 4.92 Å². The number of nitro benzene ring substituents is 1. The van der Waals surface area contributed by atoms with E-state index in [4.69, 9.17) is 0 Å². The van der Waals surface area contributed by atoms with Crippen LogP contribution in [0.15, 0.2) is 100 Å². The molecule has 0 aliphatic carbocycles. The van der Waals surface area contributed by atoms with Gasteiger partial charge in [0.15, 0.2) is 5.00 Å². The minimum atomic E-state index is -0.449. The number of H-pyrrole nitrogens is 1. The summed E-state index contributed by atoms with van der Waals surface area (Å²) in [7, 11) is 0. The van der Waals surface area contributed by atoms with Crippen LogP contribution in [-0.2, 0) is 0 Å². The normalized spacial score (nSPS) is 11.7. The van der Waals surface area contributed by atoms with Crippen molar-refractivity contribution in [2.24, 2.45) is 15.3 Å². The molecule has 0 fully saturated rings. The van der Waals surface area contributed by atoms with Crippen LogP contribution in [0.25, 0.3) is 22.4 Å². The maximum atomic E-state index is 10.8. The number of hydrogen-bond acceptors (Lipinski definition) is 8. The van der Waals surface area contributed by atoms with E-state index in [1.807, 2.05) is 50.2 Å². The van der Waals surface area contributed by atoms with Crippen molar-refractivity contribution in [3.8, 4) is 22.4 Å². The molecule has 0 saturated heterocycles. The number of hydrogen-bond donors (Lipinski definition) is 2. The van der Waals surface area contributed by atoms with Gasteiger partial charge in [0, 0.05) is 29.0 Å². The summed E-state index contributed by atoms with van der Waals surface area (Å²) in [5.74, 6) is 0. The van der Waals surface area contributed by atoms with Gasteiger partial charge < -0.3 is 4.98 Å². The lowest BCUT2D eigenvalue weighted by molar-refractivity contribution is -0.384. The summed E-state index contributed by atoms with van der Waals surface area (Å²) in [6.45, 7) is 5.87. The van der Waals surface area contributed by atoms with Gasteiger partial charge in [0.05, 0.1) is 27.7 Å². The first-order valence-electron chi connectivity index (χ1n) is 12.2. The maximum Gasteiger partial charge on any atom is 0.269 e. The largest absolute Gasteiger partial charge is 0.358 e. The third-order valence-corrected chi connectivity index (χ3v) is 7.03. The first-order valence-corrected chi connectivity index (χ1v) is 13.0. The van der Waals surface area contributed by atoms with Crippen molar-refractivity contribution in [1.82, 2.24) is 9.97 Å². The lowest BCUT2D eigenvalue weighted by Gasteiger charge is -2.09. The second-order valence-electron chi connectivity index (χ2n) is 8.80. The Morgan fingerprint density at radius 2 is 1.56 bits per heavy atom. The van der Waals surface area contributed by atoms with E-state index in [9.17, 15) is 10.1 Å². The molecule has 2 heterocycles. The monoisotopic (exact) mass is 535 g/mol. The fourth-order valence-electron chi connectivity index (χ4n) is 4.25. The smallest absolute Gasteiger partial charge is 0.269 e. The van der Waals surface area contributed by atoms with Gasteiger partial charge in [0.2, 0.25) is 5.13 Å². The van der Waals surface area contributed by atoms with Gasteiger partial charge in [0.1, 0.15) is 0 Å². The molecule has 0 atom stereocenters. The SMILES string of the molecule is CC(=NNc1nc(C)c(N=Nc2ccc([N+](=O)[O-])cc2)s1)c1c(C)[nH]c(-c2ccccc2)c1-c1ccccc1. The minimum Gasteiger partial charge on any atom is -0.358 e. The highest BCUT2D eigenvalue weighted by molar-refractivity contribution is 7.19. The highest BCUT2D eigenvalue weighted by Crippen LogP contribution is 2.37. The topological polar surface area (TPSA) is 121 Å². The Morgan fingerprint density at radius 1 is 0.923 bits per heavy atom. The Labute approximate surface area is 229 Å². The van der Waals surface area contributed by atoms with Gasteiger partial charge in [-0.05, 0) is 44.0 Å². The third kappa shape index (κ3) is 5.65. The molecule has 194 valence electrons. The molecular weight excluding hydrogens is 510 g/mol. The van der Waals surface area contributed by atoms with Crippen LogP contribution in [-0.4, -0.2) is 20.6 Å². The highest BCUT2D eigenvalue weighted by atomic mass is 32.1. The Balaban J connectivity index is 1.42. The van der Waals surface area contributed by atoms with Gasteiger partial charge in [-0.3, -0.25) is 15.5 Å². The van der Waals surface area contributed by atoms with Crippen LogP contribution in [0.5, 0.6) is 0 Å². The van der Waals surface area contributed by atoms with Gasteiger partial charge in [-0.1, -0.05) is 72.0 Å². The number of azo groups is 1. The zero-order valence-electron chi connectivity index (χ0n) is 21.5. The van der Waals surface area contributed by atoms with Gasteiger partial charge in [-0.25, -0.2) is 4.98 Å². The van der Waals surface area contributed by atoms with Crippen LogP contribution in [0.4, 0.5) is 21.5 Å². The van der Waals surface area contributed by atoms with Crippen molar-refractivity contribution in [3.63, 3.8) is 0 Å². The van der Waals surface area contributed by atoms with Gasteiger partial charge in [0.25, 0.3) is 5.69 Å². The lowest BCUT2D eigenvalue weighted by atomic mass is 9.95. The van der Waals surface area contributed by atoms with E-state index in [0.717, 1.165) is 39.4 Å². The fourth-order valence-corrected chi connectivity index (χ4v) is 4.98. The number of anilines is 1. The Kier molecular flexibility index (Phi) is 7.37. The fraction of sp³-hybridized carbons (Fsp3) is 0.103. The van der Waals surface area contributed by atoms with E-state index < -0.39 is 4.92 Å². The maximum absolute atomic E-state index is 10.8. The first kappa shape index (κ1) is 25.7. The number of nitrogens with zero attached hydrogens (tertiary/aromatic N) is 5. The molecule has 5 rings (SSSR count). The molecule has 2 N–H and O–H groups in total. The number of aromatic nitrogens is 2. The Hall–Kier alpha value is -4.96. The van der Waals surface area contributed by atoms with Crippen molar-refractivity contribution in [2.45, 2.75) is 20.8 Å². The van der Waals surface area contributed by atoms with Crippen molar-refractivity contribution >= 4 is 38.6 Å². The molecule has 3 aromatic carbocycles. The second kappa shape index (κ2) is 11.2. The van der Waals surface area contributed by atoms with E-state index >= 15 is 0 Å². The van der Waals surface area contributed by atoms with E-state index in [-0.39, 0.29) is 5.69 Å². The van der Waals surface area contributed by atoms with Crippen LogP contribution < -0.4 is 5.43 Å². The number of benzene rings is 3. The average molecular weight is 536 g/mol. The van der Waals surface area contributed by atoms with E-state index in [0.29, 0.717) is 21.5 Å². The van der Waals surface area contributed by atoms with Crippen LogP contribution >= 0.6 is 11.3 Å². The van der Waals surface area contributed by atoms with E-state index in [1.54, 1.807) is 12.1 Å². The minimum absolute atomic E-state index is 0.00612. The summed E-state index contributed by atoms with van der Waals surface area (Å²) in [6, 6.07) is 26.4. The number of aryl methyl sites for hydroxylation is 2. The molecule has 0 unspecified atom stereocenters. The van der Waals surface area contributed by atoms with Crippen LogP contribution in [0, 0.1) is 24.0 Å². The van der Waals surface area contributed by atoms with Crippen molar-refractivity contribution in [2.75, 3.05) is 5.43 Å². The molecule has 39 heavy (non-hydrogen) atoms.